The minimum atomic E-state index is -1.60. The summed E-state index contributed by atoms with van der Waals surface area (Å²) >= 11 is 0. The summed E-state index contributed by atoms with van der Waals surface area (Å²) < 4.78 is 16.3. The molecule has 0 aromatic carbocycles. The molecule has 1 saturated heterocycles. The molecule has 10 nitrogen and oxygen atoms in total. The van der Waals surface area contributed by atoms with Crippen LogP contribution >= 0.6 is 0 Å². The van der Waals surface area contributed by atoms with E-state index in [9.17, 15) is 35.4 Å². The Balaban J connectivity index is 1.79. The SMILES string of the molecule is C[C@@H]1[C@H]2[C@H](O[C@H]3O[C@@H](CO)[C@@H](O)[C@@H](O)[C@H]3O)OC=C(C(=O)O)[C@@H]2C[C@@H]1O. The number of carbonyl (C=O) groups is 1. The van der Waals surface area contributed by atoms with Crippen molar-refractivity contribution in [2.45, 2.75) is 56.4 Å². The highest BCUT2D eigenvalue weighted by molar-refractivity contribution is 5.87. The zero-order valence-electron chi connectivity index (χ0n) is 14.1. The number of aliphatic hydroxyl groups is 5. The lowest BCUT2D eigenvalue weighted by Crippen LogP contribution is -2.60. The molecule has 0 unspecified atom stereocenters. The summed E-state index contributed by atoms with van der Waals surface area (Å²) in [5.41, 5.74) is 0.0343. The van der Waals surface area contributed by atoms with Gasteiger partial charge >= 0.3 is 5.97 Å². The van der Waals surface area contributed by atoms with Gasteiger partial charge < -0.3 is 44.8 Å². The Morgan fingerprint density at radius 3 is 2.50 bits per heavy atom. The van der Waals surface area contributed by atoms with Crippen LogP contribution in [0.15, 0.2) is 11.8 Å². The molecule has 148 valence electrons. The van der Waals surface area contributed by atoms with Gasteiger partial charge in [0.25, 0.3) is 0 Å². The van der Waals surface area contributed by atoms with Gasteiger partial charge in [-0.2, -0.15) is 0 Å². The van der Waals surface area contributed by atoms with Gasteiger partial charge in [-0.3, -0.25) is 0 Å². The molecule has 2 aliphatic heterocycles. The summed E-state index contributed by atoms with van der Waals surface area (Å²) in [6.07, 6.45) is -7.71. The van der Waals surface area contributed by atoms with Gasteiger partial charge in [0.2, 0.25) is 6.29 Å². The van der Waals surface area contributed by atoms with Gasteiger partial charge in [-0.1, -0.05) is 6.92 Å². The molecule has 3 rings (SSSR count). The maximum Gasteiger partial charge on any atom is 0.334 e. The molecule has 0 amide bonds. The monoisotopic (exact) mass is 376 g/mol. The molecular formula is C16H24O10. The Labute approximate surface area is 149 Å². The van der Waals surface area contributed by atoms with Gasteiger partial charge in [-0.15, -0.1) is 0 Å². The maximum atomic E-state index is 11.4. The second-order valence-corrected chi connectivity index (χ2v) is 7.06. The lowest BCUT2D eigenvalue weighted by atomic mass is 9.83. The number of rotatable bonds is 4. The smallest absolute Gasteiger partial charge is 0.334 e. The van der Waals surface area contributed by atoms with Crippen molar-refractivity contribution in [1.82, 2.24) is 0 Å². The first-order chi connectivity index (χ1) is 12.3. The van der Waals surface area contributed by atoms with Crippen LogP contribution in [0.2, 0.25) is 0 Å². The third-order valence-electron chi connectivity index (χ3n) is 5.58. The molecule has 2 fully saturated rings. The summed E-state index contributed by atoms with van der Waals surface area (Å²) in [6, 6.07) is 0. The number of fused-ring (bicyclic) bond motifs is 1. The molecule has 0 aromatic heterocycles. The van der Waals surface area contributed by atoms with Crippen molar-refractivity contribution < 1.29 is 49.6 Å². The molecule has 0 spiro atoms. The fourth-order valence-corrected chi connectivity index (χ4v) is 3.99. The zero-order valence-corrected chi connectivity index (χ0v) is 14.1. The van der Waals surface area contributed by atoms with E-state index in [2.05, 4.69) is 0 Å². The van der Waals surface area contributed by atoms with Crippen molar-refractivity contribution in [3.63, 3.8) is 0 Å². The van der Waals surface area contributed by atoms with Crippen molar-refractivity contribution in [2.75, 3.05) is 6.61 Å². The number of ether oxygens (including phenoxy) is 3. The van der Waals surface area contributed by atoms with Gasteiger partial charge in [0.05, 0.1) is 24.5 Å². The van der Waals surface area contributed by atoms with Crippen molar-refractivity contribution in [1.29, 1.82) is 0 Å². The Morgan fingerprint density at radius 2 is 1.88 bits per heavy atom. The van der Waals surface area contributed by atoms with Crippen LogP contribution in [-0.4, -0.2) is 86.3 Å². The van der Waals surface area contributed by atoms with Gasteiger partial charge in [-0.05, 0) is 12.3 Å². The lowest BCUT2D eigenvalue weighted by molar-refractivity contribution is -0.342. The minimum absolute atomic E-state index is 0.0343. The van der Waals surface area contributed by atoms with E-state index in [1.807, 2.05) is 0 Å². The zero-order chi connectivity index (χ0) is 19.2. The molecule has 3 aliphatic rings. The lowest BCUT2D eigenvalue weighted by Gasteiger charge is -2.43. The fourth-order valence-electron chi connectivity index (χ4n) is 3.99. The Kier molecular flexibility index (Phi) is 5.54. The summed E-state index contributed by atoms with van der Waals surface area (Å²) in [7, 11) is 0. The first-order valence-electron chi connectivity index (χ1n) is 8.49. The first kappa shape index (κ1) is 19.5. The Morgan fingerprint density at radius 1 is 1.19 bits per heavy atom. The van der Waals surface area contributed by atoms with Crippen LogP contribution in [0, 0.1) is 17.8 Å². The summed E-state index contributed by atoms with van der Waals surface area (Å²) in [6.45, 7) is 1.15. The molecule has 0 radical (unpaired) electrons. The summed E-state index contributed by atoms with van der Waals surface area (Å²) in [5.74, 6) is -2.49. The maximum absolute atomic E-state index is 11.4. The fraction of sp³-hybridized carbons (Fsp3) is 0.812. The number of hydrogen-bond donors (Lipinski definition) is 6. The third-order valence-corrected chi connectivity index (χ3v) is 5.58. The third kappa shape index (κ3) is 3.22. The molecule has 10 atom stereocenters. The van der Waals surface area contributed by atoms with E-state index >= 15 is 0 Å². The Bertz CT molecular complexity index is 563. The van der Waals surface area contributed by atoms with Crippen molar-refractivity contribution in [3.8, 4) is 0 Å². The molecule has 0 aromatic rings. The molecular weight excluding hydrogens is 352 g/mol. The first-order valence-corrected chi connectivity index (χ1v) is 8.49. The van der Waals surface area contributed by atoms with E-state index in [-0.39, 0.29) is 17.9 Å². The quantitative estimate of drug-likeness (QED) is 0.316. The normalized spacial score (nSPS) is 48.5. The van der Waals surface area contributed by atoms with E-state index in [1.165, 1.54) is 0 Å². The van der Waals surface area contributed by atoms with Crippen molar-refractivity contribution >= 4 is 5.97 Å². The molecule has 0 bridgehead atoms. The van der Waals surface area contributed by atoms with E-state index in [0.29, 0.717) is 0 Å². The van der Waals surface area contributed by atoms with Crippen LogP contribution in [0.1, 0.15) is 13.3 Å². The minimum Gasteiger partial charge on any atom is -0.478 e. The number of hydrogen-bond acceptors (Lipinski definition) is 9. The van der Waals surface area contributed by atoms with Crippen LogP contribution in [-0.2, 0) is 19.0 Å². The predicted molar refractivity (Wildman–Crippen MR) is 82.2 cm³/mol. The predicted octanol–water partition coefficient (Wildman–Crippen LogP) is -2.24. The molecule has 1 saturated carbocycles. The van der Waals surface area contributed by atoms with E-state index < -0.39 is 67.5 Å². The molecule has 1 aliphatic carbocycles. The highest BCUT2D eigenvalue weighted by Crippen LogP contribution is 2.47. The van der Waals surface area contributed by atoms with Crippen LogP contribution in [0.3, 0.4) is 0 Å². The average molecular weight is 376 g/mol. The van der Waals surface area contributed by atoms with Gasteiger partial charge in [0, 0.05) is 11.8 Å². The summed E-state index contributed by atoms with van der Waals surface area (Å²) in [4.78, 5) is 11.4. The van der Waals surface area contributed by atoms with Gasteiger partial charge in [0.15, 0.2) is 6.29 Å². The molecule has 26 heavy (non-hydrogen) atoms. The number of aliphatic hydroxyl groups excluding tert-OH is 5. The molecule has 2 heterocycles. The standard InChI is InChI=1S/C16H24O10/c1-5-8(18)2-6-7(14(22)23)4-24-15(10(5)6)26-16-13(21)12(20)11(19)9(3-17)25-16/h4-6,8-13,15-21H,2-3H2,1H3,(H,22,23)/t5-,6-,8-,9-,10+,11+,12+,13+,15-,16+/m0/s1. The molecule has 6 N–H and O–H groups in total. The van der Waals surface area contributed by atoms with Crippen molar-refractivity contribution in [2.24, 2.45) is 17.8 Å². The highest BCUT2D eigenvalue weighted by atomic mass is 16.8. The Hall–Kier alpha value is -1.27. The number of aliphatic carboxylic acids is 1. The second kappa shape index (κ2) is 7.39. The largest absolute Gasteiger partial charge is 0.478 e. The van der Waals surface area contributed by atoms with E-state index in [0.717, 1.165) is 6.26 Å². The van der Waals surface area contributed by atoms with E-state index in [1.54, 1.807) is 6.92 Å². The van der Waals surface area contributed by atoms with E-state index in [4.69, 9.17) is 14.2 Å². The summed E-state index contributed by atoms with van der Waals surface area (Å²) in [5, 5.41) is 58.5. The number of carboxylic acids is 1. The van der Waals surface area contributed by atoms with Crippen LogP contribution in [0.5, 0.6) is 0 Å². The average Bonchev–Trinajstić information content (AvgIpc) is 2.90. The van der Waals surface area contributed by atoms with Crippen molar-refractivity contribution in [3.05, 3.63) is 11.8 Å². The second-order valence-electron chi connectivity index (χ2n) is 7.06. The van der Waals surface area contributed by atoms with Gasteiger partial charge in [-0.25, -0.2) is 4.79 Å². The van der Waals surface area contributed by atoms with Gasteiger partial charge in [0.1, 0.15) is 24.4 Å². The topological polar surface area (TPSA) is 166 Å². The van der Waals surface area contributed by atoms with Crippen LogP contribution in [0.4, 0.5) is 0 Å². The van der Waals surface area contributed by atoms with Crippen LogP contribution in [0.25, 0.3) is 0 Å². The highest BCUT2D eigenvalue weighted by Gasteiger charge is 2.53. The number of carboxylic acid groups (broad SMARTS) is 1. The molecule has 10 heteroatoms. The van der Waals surface area contributed by atoms with Crippen LogP contribution < -0.4 is 0 Å².